The van der Waals surface area contributed by atoms with Crippen molar-refractivity contribution >= 4 is 5.91 Å². The highest BCUT2D eigenvalue weighted by atomic mass is 16.1. The van der Waals surface area contributed by atoms with Crippen LogP contribution < -0.4 is 11.1 Å². The van der Waals surface area contributed by atoms with Gasteiger partial charge in [-0.15, -0.1) is 0 Å². The molecule has 1 amide bonds. The van der Waals surface area contributed by atoms with Crippen LogP contribution in [0.4, 0.5) is 0 Å². The molecule has 15 heavy (non-hydrogen) atoms. The zero-order valence-electron chi connectivity index (χ0n) is 9.88. The lowest BCUT2D eigenvalue weighted by Crippen LogP contribution is -2.50. The Morgan fingerprint density at radius 1 is 1.47 bits per heavy atom. The Morgan fingerprint density at radius 2 is 2.13 bits per heavy atom. The molecule has 1 rings (SSSR count). The monoisotopic (exact) mass is 213 g/mol. The third kappa shape index (κ3) is 4.62. The highest BCUT2D eigenvalue weighted by Gasteiger charge is 2.34. The summed E-state index contributed by atoms with van der Waals surface area (Å²) in [6.07, 6.45) is 4.66. The predicted molar refractivity (Wildman–Crippen MR) is 61.6 cm³/mol. The van der Waals surface area contributed by atoms with Gasteiger partial charge in [0.05, 0.1) is 0 Å². The minimum absolute atomic E-state index is 0.107. The summed E-state index contributed by atoms with van der Waals surface area (Å²) >= 11 is 0. The maximum absolute atomic E-state index is 11.5. The molecule has 1 saturated carbocycles. The number of amides is 1. The Labute approximate surface area is 92.2 Å². The molecule has 0 radical (unpaired) electrons. The molecule has 1 aliphatic carbocycles. The first-order chi connectivity index (χ1) is 7.02. The Morgan fingerprint density at radius 3 is 2.60 bits per heavy atom. The van der Waals surface area contributed by atoms with Gasteiger partial charge in [0.15, 0.2) is 0 Å². The Bertz CT molecular complexity index is 212. The lowest BCUT2D eigenvalue weighted by molar-refractivity contribution is -0.123. The number of hydrogen-bond donors (Lipinski definition) is 2. The predicted octanol–water partition coefficient (Wildman–Crippen LogP) is 0.326. The molecule has 0 aromatic carbocycles. The largest absolute Gasteiger partial charge is 0.356 e. The molecule has 0 aromatic heterocycles. The molecule has 0 heterocycles. The van der Waals surface area contributed by atoms with Gasteiger partial charge < -0.3 is 16.0 Å². The minimum atomic E-state index is -0.189. The van der Waals surface area contributed by atoms with Crippen molar-refractivity contribution in [3.63, 3.8) is 0 Å². The van der Waals surface area contributed by atoms with Gasteiger partial charge in [0.1, 0.15) is 0 Å². The summed E-state index contributed by atoms with van der Waals surface area (Å²) in [7, 11) is 4.07. The molecule has 0 unspecified atom stereocenters. The van der Waals surface area contributed by atoms with E-state index < -0.39 is 0 Å². The molecule has 0 saturated heterocycles. The van der Waals surface area contributed by atoms with Crippen molar-refractivity contribution in [3.8, 4) is 0 Å². The molecule has 0 spiro atoms. The van der Waals surface area contributed by atoms with Gasteiger partial charge in [-0.05, 0) is 46.3 Å². The molecule has 0 aromatic rings. The van der Waals surface area contributed by atoms with Crippen LogP contribution in [0.5, 0.6) is 0 Å². The van der Waals surface area contributed by atoms with Crippen LogP contribution in [-0.2, 0) is 4.79 Å². The quantitative estimate of drug-likeness (QED) is 0.625. The van der Waals surface area contributed by atoms with Gasteiger partial charge in [0.25, 0.3) is 0 Å². The molecule has 88 valence electrons. The average molecular weight is 213 g/mol. The average Bonchev–Trinajstić information content (AvgIpc) is 2.09. The smallest absolute Gasteiger partial charge is 0.221 e. The summed E-state index contributed by atoms with van der Waals surface area (Å²) in [6, 6.07) is 0. The van der Waals surface area contributed by atoms with E-state index in [2.05, 4.69) is 10.2 Å². The first-order valence-electron chi connectivity index (χ1n) is 5.72. The van der Waals surface area contributed by atoms with Gasteiger partial charge in [-0.2, -0.15) is 0 Å². The number of nitrogens with one attached hydrogen (secondary N) is 1. The van der Waals surface area contributed by atoms with E-state index in [1.165, 1.54) is 6.42 Å². The maximum Gasteiger partial charge on any atom is 0.221 e. The van der Waals surface area contributed by atoms with Crippen LogP contribution in [0.15, 0.2) is 0 Å². The number of rotatable bonds is 6. The van der Waals surface area contributed by atoms with Crippen molar-refractivity contribution in [2.24, 2.45) is 5.73 Å². The van der Waals surface area contributed by atoms with E-state index in [-0.39, 0.29) is 11.4 Å². The first-order valence-corrected chi connectivity index (χ1v) is 5.72. The molecule has 1 fully saturated rings. The summed E-state index contributed by atoms with van der Waals surface area (Å²) in [6.45, 7) is 1.77. The molecular formula is C11H23N3O. The summed E-state index contributed by atoms with van der Waals surface area (Å²) in [5.74, 6) is 0.107. The number of carbonyl (C=O) groups is 1. The van der Waals surface area contributed by atoms with Crippen molar-refractivity contribution in [1.29, 1.82) is 0 Å². The zero-order valence-corrected chi connectivity index (χ0v) is 9.88. The van der Waals surface area contributed by atoms with Crippen LogP contribution in [0.2, 0.25) is 0 Å². The fourth-order valence-corrected chi connectivity index (χ4v) is 1.81. The lowest BCUT2D eigenvalue weighted by atomic mass is 9.75. The molecule has 1 aliphatic rings. The molecule has 0 aliphatic heterocycles. The van der Waals surface area contributed by atoms with E-state index in [0.29, 0.717) is 6.42 Å². The highest BCUT2D eigenvalue weighted by Crippen LogP contribution is 2.31. The Hall–Kier alpha value is -0.610. The molecule has 0 atom stereocenters. The van der Waals surface area contributed by atoms with Gasteiger partial charge in [0.2, 0.25) is 5.91 Å². The van der Waals surface area contributed by atoms with Gasteiger partial charge >= 0.3 is 0 Å². The van der Waals surface area contributed by atoms with Crippen molar-refractivity contribution in [3.05, 3.63) is 0 Å². The Kier molecular flexibility index (Phi) is 4.54. The molecule has 3 N–H and O–H groups in total. The van der Waals surface area contributed by atoms with Crippen LogP contribution in [0, 0.1) is 0 Å². The van der Waals surface area contributed by atoms with E-state index in [4.69, 9.17) is 5.73 Å². The Balaban J connectivity index is 2.03. The van der Waals surface area contributed by atoms with Gasteiger partial charge in [-0.3, -0.25) is 4.79 Å². The topological polar surface area (TPSA) is 58.4 Å². The molecule has 4 nitrogen and oxygen atoms in total. The molecule has 0 bridgehead atoms. The number of carbonyl (C=O) groups excluding carboxylic acids is 1. The highest BCUT2D eigenvalue weighted by molar-refractivity contribution is 5.77. The summed E-state index contributed by atoms with van der Waals surface area (Å²) in [5, 5.41) is 2.92. The SMILES string of the molecule is CN(C)CCCNC(=O)CC1(N)CCC1. The number of hydrogen-bond acceptors (Lipinski definition) is 3. The van der Waals surface area contributed by atoms with Crippen LogP contribution in [0.25, 0.3) is 0 Å². The van der Waals surface area contributed by atoms with Crippen LogP contribution >= 0.6 is 0 Å². The zero-order chi connectivity index (χ0) is 11.3. The minimum Gasteiger partial charge on any atom is -0.356 e. The van der Waals surface area contributed by atoms with Crippen molar-refractivity contribution < 1.29 is 4.79 Å². The van der Waals surface area contributed by atoms with Crippen LogP contribution in [0.3, 0.4) is 0 Å². The maximum atomic E-state index is 11.5. The van der Waals surface area contributed by atoms with Crippen LogP contribution in [-0.4, -0.2) is 43.5 Å². The summed E-state index contributed by atoms with van der Waals surface area (Å²) in [5.41, 5.74) is 5.80. The first kappa shape index (κ1) is 12.5. The number of nitrogens with two attached hydrogens (primary N) is 1. The van der Waals surface area contributed by atoms with E-state index in [1.54, 1.807) is 0 Å². The van der Waals surface area contributed by atoms with Crippen LogP contribution in [0.1, 0.15) is 32.1 Å². The van der Waals surface area contributed by atoms with E-state index in [1.807, 2.05) is 14.1 Å². The van der Waals surface area contributed by atoms with Crippen molar-refractivity contribution in [2.75, 3.05) is 27.2 Å². The summed E-state index contributed by atoms with van der Waals surface area (Å²) < 4.78 is 0. The second kappa shape index (κ2) is 5.47. The molecule has 4 heteroatoms. The van der Waals surface area contributed by atoms with E-state index >= 15 is 0 Å². The number of nitrogens with zero attached hydrogens (tertiary/aromatic N) is 1. The molecular weight excluding hydrogens is 190 g/mol. The fourth-order valence-electron chi connectivity index (χ4n) is 1.81. The second-order valence-corrected chi connectivity index (χ2v) is 4.90. The fraction of sp³-hybridized carbons (Fsp3) is 0.909. The second-order valence-electron chi connectivity index (χ2n) is 4.90. The van der Waals surface area contributed by atoms with Gasteiger partial charge in [-0.25, -0.2) is 0 Å². The van der Waals surface area contributed by atoms with Gasteiger partial charge in [0, 0.05) is 18.5 Å². The normalized spacial score (nSPS) is 18.7. The summed E-state index contributed by atoms with van der Waals surface area (Å²) in [4.78, 5) is 13.6. The third-order valence-corrected chi connectivity index (χ3v) is 2.97. The van der Waals surface area contributed by atoms with E-state index in [0.717, 1.165) is 32.4 Å². The lowest BCUT2D eigenvalue weighted by Gasteiger charge is -2.37. The van der Waals surface area contributed by atoms with E-state index in [9.17, 15) is 4.79 Å². The standard InChI is InChI=1S/C11H23N3O/c1-14(2)8-4-7-13-10(15)9-11(12)5-3-6-11/h3-9,12H2,1-2H3,(H,13,15). The third-order valence-electron chi connectivity index (χ3n) is 2.97. The van der Waals surface area contributed by atoms with Crippen molar-refractivity contribution in [2.45, 2.75) is 37.6 Å². The van der Waals surface area contributed by atoms with Gasteiger partial charge in [-0.1, -0.05) is 0 Å². The van der Waals surface area contributed by atoms with Crippen molar-refractivity contribution in [1.82, 2.24) is 10.2 Å².